The molecule has 30 heavy (non-hydrogen) atoms. The fourth-order valence-corrected chi connectivity index (χ4v) is 3.76. The van der Waals surface area contributed by atoms with E-state index < -0.39 is 30.1 Å². The van der Waals surface area contributed by atoms with Crippen LogP contribution in [-0.4, -0.2) is 36.8 Å². The van der Waals surface area contributed by atoms with Crippen LogP contribution in [0.3, 0.4) is 0 Å². The molecular formula is C20H18F2N2O5S. The van der Waals surface area contributed by atoms with Crippen molar-refractivity contribution in [3.8, 4) is 11.5 Å². The van der Waals surface area contributed by atoms with Crippen LogP contribution in [0.5, 0.6) is 11.5 Å². The number of carbonyl (C=O) groups excluding carboxylic acids is 2. The van der Waals surface area contributed by atoms with Gasteiger partial charge >= 0.3 is 5.97 Å². The summed E-state index contributed by atoms with van der Waals surface area (Å²) in [4.78, 5) is 28.2. The average molecular weight is 436 g/mol. The van der Waals surface area contributed by atoms with Crippen molar-refractivity contribution in [1.82, 2.24) is 4.57 Å². The first-order valence-corrected chi connectivity index (χ1v) is 9.71. The Kier molecular flexibility index (Phi) is 6.78. The van der Waals surface area contributed by atoms with E-state index in [-0.39, 0.29) is 28.2 Å². The Labute approximate surface area is 174 Å². The molecule has 1 heterocycles. The predicted molar refractivity (Wildman–Crippen MR) is 105 cm³/mol. The van der Waals surface area contributed by atoms with Crippen LogP contribution in [0, 0.1) is 11.6 Å². The SMILES string of the molecule is CCOC(=O)Cn1c(=NC(=O)COc2cccc(OC)c2)sc2cc(F)cc(F)c21. The van der Waals surface area contributed by atoms with Gasteiger partial charge < -0.3 is 18.8 Å². The normalized spacial score (nSPS) is 11.5. The molecule has 0 bridgehead atoms. The second kappa shape index (κ2) is 9.49. The molecule has 0 saturated carbocycles. The molecule has 1 amide bonds. The molecule has 0 aliphatic heterocycles. The summed E-state index contributed by atoms with van der Waals surface area (Å²) in [5.41, 5.74) is -0.0327. The Hall–Kier alpha value is -3.27. The standard InChI is InChI=1S/C20H18F2N2O5S/c1-3-28-18(26)10-24-19-15(22)7-12(21)8-16(19)30-20(24)23-17(25)11-29-14-6-4-5-13(9-14)27-2/h4-9H,3,10-11H2,1-2H3. The van der Waals surface area contributed by atoms with Gasteiger partial charge in [0.05, 0.1) is 23.9 Å². The number of methoxy groups -OCH3 is 1. The molecule has 3 aromatic rings. The van der Waals surface area contributed by atoms with Gasteiger partial charge in [-0.15, -0.1) is 0 Å². The fraction of sp³-hybridized carbons (Fsp3) is 0.250. The lowest BCUT2D eigenvalue weighted by Gasteiger charge is -2.06. The van der Waals surface area contributed by atoms with Gasteiger partial charge in [-0.2, -0.15) is 4.99 Å². The first-order chi connectivity index (χ1) is 14.4. The molecule has 0 atom stereocenters. The third-order valence-electron chi connectivity index (χ3n) is 3.91. The molecule has 0 radical (unpaired) electrons. The van der Waals surface area contributed by atoms with Crippen LogP contribution in [0.1, 0.15) is 6.92 Å². The number of ether oxygens (including phenoxy) is 3. The average Bonchev–Trinajstić information content (AvgIpc) is 3.03. The molecule has 7 nitrogen and oxygen atoms in total. The largest absolute Gasteiger partial charge is 0.497 e. The second-order valence-electron chi connectivity index (χ2n) is 5.98. The molecule has 0 unspecified atom stereocenters. The zero-order chi connectivity index (χ0) is 21.7. The second-order valence-corrected chi connectivity index (χ2v) is 6.99. The van der Waals surface area contributed by atoms with E-state index in [2.05, 4.69) is 4.99 Å². The number of carbonyl (C=O) groups is 2. The van der Waals surface area contributed by atoms with E-state index in [1.54, 1.807) is 31.2 Å². The smallest absolute Gasteiger partial charge is 0.326 e. The molecule has 2 aromatic carbocycles. The maximum absolute atomic E-state index is 14.4. The number of fused-ring (bicyclic) bond motifs is 1. The molecule has 0 aliphatic carbocycles. The van der Waals surface area contributed by atoms with E-state index in [0.717, 1.165) is 17.4 Å². The maximum atomic E-state index is 14.4. The van der Waals surface area contributed by atoms with Crippen LogP contribution >= 0.6 is 11.3 Å². The Morgan fingerprint density at radius 3 is 2.67 bits per heavy atom. The fourth-order valence-electron chi connectivity index (χ4n) is 2.67. The van der Waals surface area contributed by atoms with Gasteiger partial charge in [0.2, 0.25) is 0 Å². The molecule has 158 valence electrons. The minimum absolute atomic E-state index is 0.0294. The van der Waals surface area contributed by atoms with Gasteiger partial charge in [0.1, 0.15) is 23.9 Å². The number of nitrogens with zero attached hydrogens (tertiary/aromatic N) is 2. The van der Waals surface area contributed by atoms with Gasteiger partial charge in [-0.25, -0.2) is 8.78 Å². The van der Waals surface area contributed by atoms with E-state index in [1.807, 2.05) is 0 Å². The Balaban J connectivity index is 1.92. The number of rotatable bonds is 7. The molecule has 0 spiro atoms. The van der Waals surface area contributed by atoms with Crippen LogP contribution in [-0.2, 0) is 20.9 Å². The molecule has 1 aromatic heterocycles. The van der Waals surface area contributed by atoms with Gasteiger partial charge in [0, 0.05) is 12.1 Å². The number of thiazole rings is 1. The number of hydrogen-bond acceptors (Lipinski definition) is 6. The summed E-state index contributed by atoms with van der Waals surface area (Å²) in [5.74, 6) is -1.98. The van der Waals surface area contributed by atoms with Crippen molar-refractivity contribution in [2.75, 3.05) is 20.3 Å². The lowest BCUT2D eigenvalue weighted by Crippen LogP contribution is -2.24. The monoisotopic (exact) mass is 436 g/mol. The number of benzene rings is 2. The summed E-state index contributed by atoms with van der Waals surface area (Å²) in [6.07, 6.45) is 0. The molecule has 0 N–H and O–H groups in total. The van der Waals surface area contributed by atoms with Crippen molar-refractivity contribution in [1.29, 1.82) is 0 Å². The highest BCUT2D eigenvalue weighted by molar-refractivity contribution is 7.16. The van der Waals surface area contributed by atoms with Crippen LogP contribution in [0.2, 0.25) is 0 Å². The van der Waals surface area contributed by atoms with Crippen molar-refractivity contribution >= 4 is 33.4 Å². The van der Waals surface area contributed by atoms with E-state index in [4.69, 9.17) is 14.2 Å². The van der Waals surface area contributed by atoms with E-state index in [9.17, 15) is 18.4 Å². The summed E-state index contributed by atoms with van der Waals surface area (Å²) in [7, 11) is 1.51. The van der Waals surface area contributed by atoms with Crippen LogP contribution < -0.4 is 14.3 Å². The highest BCUT2D eigenvalue weighted by atomic mass is 32.1. The van der Waals surface area contributed by atoms with Crippen LogP contribution in [0.15, 0.2) is 41.4 Å². The summed E-state index contributed by atoms with van der Waals surface area (Å²) >= 11 is 0.881. The van der Waals surface area contributed by atoms with E-state index >= 15 is 0 Å². The first-order valence-electron chi connectivity index (χ1n) is 8.89. The molecular weight excluding hydrogens is 418 g/mol. The molecule has 10 heteroatoms. The van der Waals surface area contributed by atoms with E-state index in [0.29, 0.717) is 17.6 Å². The van der Waals surface area contributed by atoms with Crippen LogP contribution in [0.25, 0.3) is 10.2 Å². The van der Waals surface area contributed by atoms with Crippen molar-refractivity contribution in [3.63, 3.8) is 0 Å². The van der Waals surface area contributed by atoms with Gasteiger partial charge in [0.25, 0.3) is 5.91 Å². The lowest BCUT2D eigenvalue weighted by atomic mass is 10.3. The number of esters is 1. The molecule has 0 aliphatic rings. The number of halogens is 2. The Bertz CT molecular complexity index is 1160. The van der Waals surface area contributed by atoms with Crippen molar-refractivity contribution in [3.05, 3.63) is 52.8 Å². The topological polar surface area (TPSA) is 79.1 Å². The predicted octanol–water partition coefficient (Wildman–Crippen LogP) is 3.06. The molecule has 3 rings (SSSR count). The lowest BCUT2D eigenvalue weighted by molar-refractivity contribution is -0.143. The maximum Gasteiger partial charge on any atom is 0.326 e. The van der Waals surface area contributed by atoms with Crippen molar-refractivity contribution < 1.29 is 32.6 Å². The zero-order valence-corrected chi connectivity index (χ0v) is 17.0. The summed E-state index contributed by atoms with van der Waals surface area (Å²) in [5, 5.41) is 0. The van der Waals surface area contributed by atoms with Gasteiger partial charge in [-0.1, -0.05) is 17.4 Å². The van der Waals surface area contributed by atoms with Crippen LogP contribution in [0.4, 0.5) is 8.78 Å². The van der Waals surface area contributed by atoms with E-state index in [1.165, 1.54) is 11.7 Å². The zero-order valence-electron chi connectivity index (χ0n) is 16.2. The van der Waals surface area contributed by atoms with Gasteiger partial charge in [0.15, 0.2) is 17.2 Å². The molecule has 0 fully saturated rings. The number of hydrogen-bond donors (Lipinski definition) is 0. The summed E-state index contributed by atoms with van der Waals surface area (Å²) in [6, 6.07) is 8.49. The quantitative estimate of drug-likeness (QED) is 0.532. The highest BCUT2D eigenvalue weighted by Gasteiger charge is 2.17. The van der Waals surface area contributed by atoms with Crippen molar-refractivity contribution in [2.45, 2.75) is 13.5 Å². The Morgan fingerprint density at radius 2 is 1.93 bits per heavy atom. The number of amides is 1. The Morgan fingerprint density at radius 1 is 1.17 bits per heavy atom. The van der Waals surface area contributed by atoms with Crippen molar-refractivity contribution in [2.24, 2.45) is 4.99 Å². The minimum atomic E-state index is -0.868. The number of aromatic nitrogens is 1. The minimum Gasteiger partial charge on any atom is -0.497 e. The highest BCUT2D eigenvalue weighted by Crippen LogP contribution is 2.22. The van der Waals surface area contributed by atoms with Gasteiger partial charge in [-0.05, 0) is 25.1 Å². The first kappa shape index (κ1) is 21.4. The summed E-state index contributed by atoms with van der Waals surface area (Å²) in [6.45, 7) is 1.00. The molecule has 0 saturated heterocycles. The third-order valence-corrected chi connectivity index (χ3v) is 4.94. The summed E-state index contributed by atoms with van der Waals surface area (Å²) < 4.78 is 44.7. The van der Waals surface area contributed by atoms with Gasteiger partial charge in [-0.3, -0.25) is 9.59 Å². The third kappa shape index (κ3) is 5.01.